The summed E-state index contributed by atoms with van der Waals surface area (Å²) in [5.41, 5.74) is 6.04. The highest BCUT2D eigenvalue weighted by atomic mass is 16.2. The summed E-state index contributed by atoms with van der Waals surface area (Å²) < 4.78 is 0. The summed E-state index contributed by atoms with van der Waals surface area (Å²) in [5, 5.41) is 3.24. The highest BCUT2D eigenvalue weighted by Gasteiger charge is 2.35. The average molecular weight is 282 g/mol. The van der Waals surface area contributed by atoms with Crippen LogP contribution in [0.1, 0.15) is 73.1 Å². The molecule has 0 bridgehead atoms. The number of nitrogens with two attached hydrogens (primary N) is 1. The third-order valence-electron chi connectivity index (χ3n) is 5.46. The van der Waals surface area contributed by atoms with Crippen LogP contribution in [0.2, 0.25) is 0 Å². The molecule has 1 fully saturated rings. The van der Waals surface area contributed by atoms with Crippen molar-refractivity contribution in [1.82, 2.24) is 5.32 Å². The summed E-state index contributed by atoms with van der Waals surface area (Å²) in [6, 6.07) is 0. The van der Waals surface area contributed by atoms with Crippen LogP contribution < -0.4 is 11.1 Å². The van der Waals surface area contributed by atoms with Gasteiger partial charge in [0.1, 0.15) is 0 Å². The topological polar surface area (TPSA) is 55.1 Å². The minimum absolute atomic E-state index is 0.192. The second-order valence-electron chi connectivity index (χ2n) is 7.60. The van der Waals surface area contributed by atoms with Crippen LogP contribution in [-0.2, 0) is 4.79 Å². The van der Waals surface area contributed by atoms with Crippen molar-refractivity contribution < 1.29 is 4.79 Å². The number of nitrogens with one attached hydrogen (secondary N) is 1. The third kappa shape index (κ3) is 4.21. The van der Waals surface area contributed by atoms with Gasteiger partial charge >= 0.3 is 0 Å². The molecular weight excluding hydrogens is 248 g/mol. The molecule has 1 aliphatic rings. The van der Waals surface area contributed by atoms with Crippen LogP contribution in [-0.4, -0.2) is 18.0 Å². The number of rotatable bonds is 5. The maximum absolute atomic E-state index is 12.5. The molecule has 1 amide bonds. The highest BCUT2D eigenvalue weighted by molar-refractivity contribution is 5.79. The van der Waals surface area contributed by atoms with Crippen molar-refractivity contribution >= 4 is 5.91 Å². The zero-order valence-electron chi connectivity index (χ0n) is 14.1. The minimum atomic E-state index is -0.196. The maximum Gasteiger partial charge on any atom is 0.223 e. The van der Waals surface area contributed by atoms with Crippen molar-refractivity contribution in [3.8, 4) is 0 Å². The fourth-order valence-electron chi connectivity index (χ4n) is 3.35. The Kier molecular flexibility index (Phi) is 6.06. The standard InChI is InChI=1S/C17H34N2O/c1-6-17(7-2,12-18)19-15(20)13-8-10-14(11-9-13)16(3,4)5/h13-14H,6-12,18H2,1-5H3,(H,19,20). The lowest BCUT2D eigenvalue weighted by atomic mass is 9.69. The Balaban J connectivity index is 2.55. The van der Waals surface area contributed by atoms with E-state index in [9.17, 15) is 4.79 Å². The van der Waals surface area contributed by atoms with Crippen LogP contribution in [0, 0.1) is 17.3 Å². The summed E-state index contributed by atoms with van der Waals surface area (Å²) in [6.07, 6.45) is 6.22. The van der Waals surface area contributed by atoms with Crippen molar-refractivity contribution in [2.45, 2.75) is 78.7 Å². The summed E-state index contributed by atoms with van der Waals surface area (Å²) in [4.78, 5) is 12.5. The first-order chi connectivity index (χ1) is 9.28. The summed E-state index contributed by atoms with van der Waals surface area (Å²) in [7, 11) is 0. The van der Waals surface area contributed by atoms with Gasteiger partial charge in [-0.25, -0.2) is 0 Å². The molecule has 0 spiro atoms. The molecule has 0 saturated heterocycles. The van der Waals surface area contributed by atoms with Gasteiger partial charge in [0.25, 0.3) is 0 Å². The summed E-state index contributed by atoms with van der Waals surface area (Å²) in [5.74, 6) is 1.17. The zero-order chi connectivity index (χ0) is 15.4. The predicted octanol–water partition coefficient (Wildman–Crippen LogP) is 3.47. The first kappa shape index (κ1) is 17.5. The van der Waals surface area contributed by atoms with E-state index in [1.165, 1.54) is 12.8 Å². The molecule has 0 unspecified atom stereocenters. The first-order valence-corrected chi connectivity index (χ1v) is 8.30. The molecule has 3 heteroatoms. The van der Waals surface area contributed by atoms with Crippen LogP contribution in [0.25, 0.3) is 0 Å². The van der Waals surface area contributed by atoms with Crippen molar-refractivity contribution in [2.24, 2.45) is 23.0 Å². The van der Waals surface area contributed by atoms with Crippen molar-refractivity contribution in [2.75, 3.05) is 6.54 Å². The zero-order valence-corrected chi connectivity index (χ0v) is 14.1. The number of carbonyl (C=O) groups is 1. The molecule has 20 heavy (non-hydrogen) atoms. The van der Waals surface area contributed by atoms with E-state index >= 15 is 0 Å². The van der Waals surface area contributed by atoms with Crippen LogP contribution in [0.4, 0.5) is 0 Å². The van der Waals surface area contributed by atoms with Gasteiger partial charge in [0, 0.05) is 12.5 Å². The normalized spacial score (nSPS) is 24.5. The molecule has 0 heterocycles. The number of carbonyl (C=O) groups excluding carboxylic acids is 1. The molecule has 0 atom stereocenters. The van der Waals surface area contributed by atoms with Crippen molar-refractivity contribution in [3.63, 3.8) is 0 Å². The van der Waals surface area contributed by atoms with E-state index in [1.54, 1.807) is 0 Å². The van der Waals surface area contributed by atoms with Gasteiger partial charge in [0.15, 0.2) is 0 Å². The van der Waals surface area contributed by atoms with Crippen molar-refractivity contribution in [1.29, 1.82) is 0 Å². The van der Waals surface area contributed by atoms with Gasteiger partial charge in [-0.1, -0.05) is 34.6 Å². The predicted molar refractivity (Wildman–Crippen MR) is 85.4 cm³/mol. The Morgan fingerprint density at radius 3 is 1.95 bits per heavy atom. The fourth-order valence-corrected chi connectivity index (χ4v) is 3.35. The number of hydrogen-bond donors (Lipinski definition) is 2. The smallest absolute Gasteiger partial charge is 0.223 e. The molecule has 118 valence electrons. The summed E-state index contributed by atoms with van der Waals surface area (Å²) >= 11 is 0. The second kappa shape index (κ2) is 6.93. The van der Waals surface area contributed by atoms with Crippen molar-refractivity contribution in [3.05, 3.63) is 0 Å². The monoisotopic (exact) mass is 282 g/mol. The van der Waals surface area contributed by atoms with E-state index in [-0.39, 0.29) is 17.4 Å². The second-order valence-corrected chi connectivity index (χ2v) is 7.60. The molecule has 3 nitrogen and oxygen atoms in total. The Hall–Kier alpha value is -0.570. The lowest BCUT2D eigenvalue weighted by molar-refractivity contribution is -0.128. The molecule has 1 rings (SSSR count). The first-order valence-electron chi connectivity index (χ1n) is 8.30. The Morgan fingerprint density at radius 2 is 1.60 bits per heavy atom. The molecule has 0 radical (unpaired) electrons. The van der Waals surface area contributed by atoms with E-state index < -0.39 is 0 Å². The highest BCUT2D eigenvalue weighted by Crippen LogP contribution is 2.40. The molecule has 1 saturated carbocycles. The molecule has 3 N–H and O–H groups in total. The maximum atomic E-state index is 12.5. The molecule has 0 aromatic carbocycles. The number of amides is 1. The largest absolute Gasteiger partial charge is 0.349 e. The Morgan fingerprint density at radius 1 is 1.10 bits per heavy atom. The molecule has 0 aromatic heterocycles. The summed E-state index contributed by atoms with van der Waals surface area (Å²) in [6.45, 7) is 11.7. The van der Waals surface area contributed by atoms with Crippen LogP contribution in [0.3, 0.4) is 0 Å². The Bertz CT molecular complexity index is 299. The van der Waals surface area contributed by atoms with Gasteiger partial charge in [-0.3, -0.25) is 4.79 Å². The van der Waals surface area contributed by atoms with Gasteiger partial charge < -0.3 is 11.1 Å². The quantitative estimate of drug-likeness (QED) is 0.811. The fraction of sp³-hybridized carbons (Fsp3) is 0.941. The number of hydrogen-bond acceptors (Lipinski definition) is 2. The lowest BCUT2D eigenvalue weighted by Gasteiger charge is -2.38. The van der Waals surface area contributed by atoms with Gasteiger partial charge in [-0.15, -0.1) is 0 Å². The van der Waals surface area contributed by atoms with E-state index in [0.29, 0.717) is 12.0 Å². The minimum Gasteiger partial charge on any atom is -0.349 e. The molecule has 0 aliphatic heterocycles. The van der Waals surface area contributed by atoms with E-state index in [0.717, 1.165) is 31.6 Å². The van der Waals surface area contributed by atoms with Gasteiger partial charge in [-0.2, -0.15) is 0 Å². The Labute approximate surface area is 125 Å². The molecular formula is C17H34N2O. The van der Waals surface area contributed by atoms with Gasteiger partial charge in [-0.05, 0) is 49.9 Å². The van der Waals surface area contributed by atoms with Crippen LogP contribution in [0.15, 0.2) is 0 Å². The van der Waals surface area contributed by atoms with Crippen LogP contribution in [0.5, 0.6) is 0 Å². The van der Waals surface area contributed by atoms with Crippen LogP contribution >= 0.6 is 0 Å². The average Bonchev–Trinajstić information content (AvgIpc) is 2.44. The van der Waals surface area contributed by atoms with E-state index in [1.807, 2.05) is 0 Å². The molecule has 0 aromatic rings. The van der Waals surface area contributed by atoms with E-state index in [4.69, 9.17) is 5.73 Å². The van der Waals surface area contributed by atoms with Gasteiger partial charge in [0.2, 0.25) is 5.91 Å². The third-order valence-corrected chi connectivity index (χ3v) is 5.46. The SMILES string of the molecule is CCC(CC)(CN)NC(=O)C1CCC(C(C)(C)C)CC1. The molecule has 1 aliphatic carbocycles. The van der Waals surface area contributed by atoms with E-state index in [2.05, 4.69) is 39.9 Å². The van der Waals surface area contributed by atoms with Gasteiger partial charge in [0.05, 0.1) is 5.54 Å². The lowest BCUT2D eigenvalue weighted by Crippen LogP contribution is -2.54.